The molecule has 1 aliphatic carbocycles. The topological polar surface area (TPSA) is 98.1 Å². The third kappa shape index (κ3) is 5.07. The Balaban J connectivity index is 1.62. The van der Waals surface area contributed by atoms with Gasteiger partial charge in [0.15, 0.2) is 15.0 Å². The van der Waals surface area contributed by atoms with E-state index < -0.39 is 15.1 Å². The van der Waals surface area contributed by atoms with Gasteiger partial charge in [-0.2, -0.15) is 0 Å². The zero-order valence-electron chi connectivity index (χ0n) is 18.8. The fraction of sp³-hybridized carbons (Fsp3) is 0.682. The first-order valence-corrected chi connectivity index (χ1v) is 14.9. The molecular weight excluding hydrogens is 466 g/mol. The first-order chi connectivity index (χ1) is 15.1. The van der Waals surface area contributed by atoms with E-state index >= 15 is 0 Å². The molecule has 3 heterocycles. The van der Waals surface area contributed by atoms with E-state index in [2.05, 4.69) is 19.2 Å². The Morgan fingerprint density at radius 2 is 2.03 bits per heavy atom. The van der Waals surface area contributed by atoms with Crippen molar-refractivity contribution in [3.05, 3.63) is 20.8 Å². The highest BCUT2D eigenvalue weighted by Gasteiger charge is 2.31. The van der Waals surface area contributed by atoms with Crippen molar-refractivity contribution in [3.63, 3.8) is 0 Å². The lowest BCUT2D eigenvalue weighted by molar-refractivity contribution is -0.120. The number of nitrogens with zero attached hydrogens (tertiary/aromatic N) is 2. The summed E-state index contributed by atoms with van der Waals surface area (Å²) in [6.45, 7) is 6.61. The van der Waals surface area contributed by atoms with Crippen LogP contribution in [0.15, 0.2) is 9.95 Å². The number of amides is 1. The third-order valence-electron chi connectivity index (χ3n) is 6.20. The van der Waals surface area contributed by atoms with Gasteiger partial charge in [-0.25, -0.2) is 13.4 Å². The molecule has 2 unspecified atom stereocenters. The predicted molar refractivity (Wildman–Crippen MR) is 130 cm³/mol. The lowest BCUT2D eigenvalue weighted by atomic mass is 9.97. The van der Waals surface area contributed by atoms with Crippen molar-refractivity contribution in [1.29, 1.82) is 0 Å². The Kier molecular flexibility index (Phi) is 7.03. The largest absolute Gasteiger partial charge is 0.351 e. The van der Waals surface area contributed by atoms with E-state index in [9.17, 15) is 18.0 Å². The molecule has 0 saturated carbocycles. The second-order valence-electron chi connectivity index (χ2n) is 9.29. The molecule has 7 nitrogen and oxygen atoms in total. The van der Waals surface area contributed by atoms with Gasteiger partial charge in [-0.3, -0.25) is 14.2 Å². The summed E-state index contributed by atoms with van der Waals surface area (Å²) in [7, 11) is -3.06. The molecular formula is C22H31N3O4S3. The number of carbonyl (C=O) groups excluding carboxylic acids is 1. The molecule has 4 rings (SSSR count). The van der Waals surface area contributed by atoms with E-state index in [0.29, 0.717) is 24.0 Å². The van der Waals surface area contributed by atoms with Gasteiger partial charge >= 0.3 is 0 Å². The highest BCUT2D eigenvalue weighted by atomic mass is 32.2. The fourth-order valence-corrected chi connectivity index (χ4v) is 8.25. The minimum atomic E-state index is -3.06. The molecule has 176 valence electrons. The summed E-state index contributed by atoms with van der Waals surface area (Å²) in [5.74, 6) is 0.347. The average Bonchev–Trinajstić information content (AvgIpc) is 3.26. The Morgan fingerprint density at radius 1 is 1.28 bits per heavy atom. The number of sulfone groups is 1. The van der Waals surface area contributed by atoms with Crippen molar-refractivity contribution in [3.8, 4) is 0 Å². The molecule has 2 aromatic rings. The fourth-order valence-electron chi connectivity index (χ4n) is 4.33. The highest BCUT2D eigenvalue weighted by molar-refractivity contribution is 8.00. The molecule has 0 bridgehead atoms. The van der Waals surface area contributed by atoms with Gasteiger partial charge in [-0.15, -0.1) is 11.3 Å². The summed E-state index contributed by atoms with van der Waals surface area (Å²) < 4.78 is 25.1. The van der Waals surface area contributed by atoms with Crippen molar-refractivity contribution < 1.29 is 13.2 Å². The van der Waals surface area contributed by atoms with E-state index in [-0.39, 0.29) is 29.0 Å². The van der Waals surface area contributed by atoms with Gasteiger partial charge < -0.3 is 5.32 Å². The van der Waals surface area contributed by atoms with E-state index in [0.717, 1.165) is 42.3 Å². The first kappa shape index (κ1) is 23.8. The number of carbonyl (C=O) groups is 1. The summed E-state index contributed by atoms with van der Waals surface area (Å²) in [6.07, 6.45) is 5.51. The van der Waals surface area contributed by atoms with Gasteiger partial charge in [-0.05, 0) is 56.9 Å². The van der Waals surface area contributed by atoms with Crippen LogP contribution in [0.5, 0.6) is 0 Å². The molecule has 32 heavy (non-hydrogen) atoms. The van der Waals surface area contributed by atoms with Crippen LogP contribution in [0.2, 0.25) is 0 Å². The SMILES string of the molecule is CC(C)CCn1c(SC(C)C(=O)NC2CCS(=O)(=O)C2)nc2sc3c(c2c1=O)CCCC3. The van der Waals surface area contributed by atoms with E-state index in [1.165, 1.54) is 22.2 Å². The summed E-state index contributed by atoms with van der Waals surface area (Å²) in [4.78, 5) is 33.2. The first-order valence-electron chi connectivity index (χ1n) is 11.4. The van der Waals surface area contributed by atoms with Gasteiger partial charge in [0.05, 0.1) is 22.1 Å². The van der Waals surface area contributed by atoms with Crippen LogP contribution in [-0.2, 0) is 34.0 Å². The molecule has 2 atom stereocenters. The number of hydrogen-bond donors (Lipinski definition) is 1. The predicted octanol–water partition coefficient (Wildman–Crippen LogP) is 3.17. The van der Waals surface area contributed by atoms with Gasteiger partial charge in [0, 0.05) is 17.5 Å². The van der Waals surface area contributed by atoms with E-state index in [1.807, 2.05) is 0 Å². The molecule has 1 saturated heterocycles. The standard InChI is InChI=1S/C22H31N3O4S3/c1-13(2)8-10-25-21(27)18-16-6-4-5-7-17(16)31-20(18)24-22(25)30-14(3)19(26)23-15-9-11-32(28,29)12-15/h13-15H,4-12H2,1-3H3,(H,23,26). The van der Waals surface area contributed by atoms with Gasteiger partial charge in [0.1, 0.15) is 4.83 Å². The Morgan fingerprint density at radius 3 is 2.72 bits per heavy atom. The lowest BCUT2D eigenvalue weighted by Crippen LogP contribution is -2.40. The maximum Gasteiger partial charge on any atom is 0.263 e. The number of hydrogen-bond acceptors (Lipinski definition) is 7. The number of nitrogens with one attached hydrogen (secondary N) is 1. The van der Waals surface area contributed by atoms with Crippen LogP contribution in [-0.4, -0.2) is 46.7 Å². The Hall–Kier alpha value is -1.39. The number of aryl methyl sites for hydroxylation is 2. The zero-order valence-corrected chi connectivity index (χ0v) is 21.3. The van der Waals surface area contributed by atoms with Crippen molar-refractivity contribution in [2.45, 2.75) is 82.3 Å². The van der Waals surface area contributed by atoms with Crippen LogP contribution in [0, 0.1) is 5.92 Å². The molecule has 1 fully saturated rings. The van der Waals surface area contributed by atoms with E-state index in [4.69, 9.17) is 4.98 Å². The summed E-state index contributed by atoms with van der Waals surface area (Å²) >= 11 is 2.90. The van der Waals surface area contributed by atoms with Gasteiger partial charge in [0.2, 0.25) is 5.91 Å². The number of thiophene rings is 1. The third-order valence-corrected chi connectivity index (χ3v) is 10.2. The molecule has 1 N–H and O–H groups in total. The lowest BCUT2D eigenvalue weighted by Gasteiger charge is -2.18. The number of thioether (sulfide) groups is 1. The summed E-state index contributed by atoms with van der Waals surface area (Å²) in [5, 5.41) is 3.72. The van der Waals surface area contributed by atoms with Crippen molar-refractivity contribution in [1.82, 2.24) is 14.9 Å². The van der Waals surface area contributed by atoms with Crippen LogP contribution in [0.3, 0.4) is 0 Å². The molecule has 2 aliphatic rings. The smallest absolute Gasteiger partial charge is 0.263 e. The second kappa shape index (κ2) is 9.46. The van der Waals surface area contributed by atoms with Crippen molar-refractivity contribution >= 4 is 49.1 Å². The number of aromatic nitrogens is 2. The highest BCUT2D eigenvalue weighted by Crippen LogP contribution is 2.35. The van der Waals surface area contributed by atoms with Crippen LogP contribution >= 0.6 is 23.1 Å². The van der Waals surface area contributed by atoms with Crippen LogP contribution < -0.4 is 10.9 Å². The molecule has 1 amide bonds. The molecule has 2 aromatic heterocycles. The zero-order chi connectivity index (χ0) is 23.0. The van der Waals surface area contributed by atoms with Crippen LogP contribution in [0.1, 0.15) is 56.9 Å². The minimum Gasteiger partial charge on any atom is -0.351 e. The maximum absolute atomic E-state index is 13.5. The van der Waals surface area contributed by atoms with E-state index in [1.54, 1.807) is 22.8 Å². The molecule has 0 spiro atoms. The van der Waals surface area contributed by atoms with Gasteiger partial charge in [0.25, 0.3) is 5.56 Å². The Bertz CT molecular complexity index is 1180. The molecule has 0 aromatic carbocycles. The van der Waals surface area contributed by atoms with Gasteiger partial charge in [-0.1, -0.05) is 25.6 Å². The quantitative estimate of drug-likeness (QED) is 0.466. The molecule has 0 radical (unpaired) electrons. The van der Waals surface area contributed by atoms with Crippen LogP contribution in [0.25, 0.3) is 10.2 Å². The number of fused-ring (bicyclic) bond motifs is 3. The van der Waals surface area contributed by atoms with Crippen molar-refractivity contribution in [2.24, 2.45) is 5.92 Å². The Labute approximate surface area is 197 Å². The van der Waals surface area contributed by atoms with Crippen molar-refractivity contribution in [2.75, 3.05) is 11.5 Å². The monoisotopic (exact) mass is 497 g/mol. The normalized spacial score (nSPS) is 21.1. The summed E-state index contributed by atoms with van der Waals surface area (Å²) in [6, 6.07) is -0.335. The second-order valence-corrected chi connectivity index (χ2v) is 13.9. The average molecular weight is 498 g/mol. The molecule has 10 heteroatoms. The van der Waals surface area contributed by atoms with Crippen LogP contribution in [0.4, 0.5) is 0 Å². The number of rotatable bonds is 7. The summed E-state index contributed by atoms with van der Waals surface area (Å²) in [5.41, 5.74) is 1.18. The maximum atomic E-state index is 13.5. The molecule has 1 aliphatic heterocycles. The minimum absolute atomic E-state index is 0.000180.